The second-order valence-electron chi connectivity index (χ2n) is 3.07. The van der Waals surface area contributed by atoms with Gasteiger partial charge in [0.25, 0.3) is 0 Å². The minimum absolute atomic E-state index is 0.0176. The van der Waals surface area contributed by atoms with Crippen LogP contribution in [0.25, 0.3) is 0 Å². The molecule has 1 unspecified atom stereocenters. The summed E-state index contributed by atoms with van der Waals surface area (Å²) in [7, 11) is 0. The molecule has 1 atom stereocenters. The van der Waals surface area contributed by atoms with Gasteiger partial charge in [-0.05, 0) is 13.3 Å². The summed E-state index contributed by atoms with van der Waals surface area (Å²) in [6.07, 6.45) is 3.42. The number of hydrogen-bond donors (Lipinski definition) is 2. The van der Waals surface area contributed by atoms with Crippen molar-refractivity contribution >= 4 is 5.91 Å². The average Bonchev–Trinajstić information content (AvgIpc) is 2.56. The second kappa shape index (κ2) is 5.33. The Labute approximate surface area is 82.0 Å². The minimum Gasteiger partial charge on any atom is -0.396 e. The average molecular weight is 198 g/mol. The lowest BCUT2D eigenvalue weighted by atomic mass is 10.2. The number of aromatic nitrogens is 3. The van der Waals surface area contributed by atoms with E-state index in [0.29, 0.717) is 6.42 Å². The highest BCUT2D eigenvalue weighted by Crippen LogP contribution is 1.89. The summed E-state index contributed by atoms with van der Waals surface area (Å²) in [5, 5.41) is 15.2. The summed E-state index contributed by atoms with van der Waals surface area (Å²) in [5.41, 5.74) is 0. The first-order valence-electron chi connectivity index (χ1n) is 4.45. The maximum atomic E-state index is 11.3. The lowest BCUT2D eigenvalue weighted by Gasteiger charge is -2.11. The Balaban J connectivity index is 2.29. The van der Waals surface area contributed by atoms with Crippen LogP contribution in [0.2, 0.25) is 0 Å². The van der Waals surface area contributed by atoms with E-state index in [9.17, 15) is 4.79 Å². The maximum absolute atomic E-state index is 11.3. The Hall–Kier alpha value is -1.43. The molecule has 0 radical (unpaired) electrons. The Morgan fingerprint density at radius 2 is 2.50 bits per heavy atom. The van der Waals surface area contributed by atoms with Crippen LogP contribution < -0.4 is 5.32 Å². The molecule has 1 heterocycles. The summed E-state index contributed by atoms with van der Waals surface area (Å²) in [5.74, 6) is -0.128. The molecular formula is C8H14N4O2. The summed E-state index contributed by atoms with van der Waals surface area (Å²) >= 11 is 0. The Morgan fingerprint density at radius 3 is 3.07 bits per heavy atom. The Kier molecular flexibility index (Phi) is 4.06. The Morgan fingerprint density at radius 1 is 1.71 bits per heavy atom. The van der Waals surface area contributed by atoms with Gasteiger partial charge in [0.1, 0.15) is 19.2 Å². The quantitative estimate of drug-likeness (QED) is 0.647. The van der Waals surface area contributed by atoms with Crippen LogP contribution in [0.3, 0.4) is 0 Å². The van der Waals surface area contributed by atoms with Crippen LogP contribution in [-0.2, 0) is 11.3 Å². The molecule has 0 aliphatic carbocycles. The molecule has 6 heteroatoms. The number of aliphatic hydroxyl groups is 1. The van der Waals surface area contributed by atoms with Crippen molar-refractivity contribution in [2.45, 2.75) is 25.9 Å². The van der Waals surface area contributed by atoms with Crippen molar-refractivity contribution in [3.63, 3.8) is 0 Å². The zero-order chi connectivity index (χ0) is 10.4. The molecule has 14 heavy (non-hydrogen) atoms. The van der Waals surface area contributed by atoms with Gasteiger partial charge in [0, 0.05) is 12.6 Å². The molecule has 0 saturated carbocycles. The van der Waals surface area contributed by atoms with Crippen molar-refractivity contribution in [1.29, 1.82) is 0 Å². The summed E-state index contributed by atoms with van der Waals surface area (Å²) < 4.78 is 1.45. The topological polar surface area (TPSA) is 80.0 Å². The molecule has 1 aromatic rings. The summed E-state index contributed by atoms with van der Waals surface area (Å²) in [4.78, 5) is 15.0. The molecule has 1 aromatic heterocycles. The third-order valence-corrected chi connectivity index (χ3v) is 1.74. The zero-order valence-corrected chi connectivity index (χ0v) is 8.05. The standard InChI is InChI=1S/C8H14N4O2/c1-7(2-3-13)11-8(14)4-12-6-9-5-10-12/h5-7,13H,2-4H2,1H3,(H,11,14). The zero-order valence-electron chi connectivity index (χ0n) is 8.05. The van der Waals surface area contributed by atoms with Gasteiger partial charge in [0.15, 0.2) is 0 Å². The van der Waals surface area contributed by atoms with Crippen molar-refractivity contribution < 1.29 is 9.90 Å². The van der Waals surface area contributed by atoms with E-state index in [1.54, 1.807) is 0 Å². The van der Waals surface area contributed by atoms with Crippen LogP contribution in [0.5, 0.6) is 0 Å². The van der Waals surface area contributed by atoms with Crippen molar-refractivity contribution in [2.75, 3.05) is 6.61 Å². The van der Waals surface area contributed by atoms with Crippen molar-refractivity contribution in [3.8, 4) is 0 Å². The van der Waals surface area contributed by atoms with Crippen LogP contribution in [0.1, 0.15) is 13.3 Å². The highest BCUT2D eigenvalue weighted by molar-refractivity contribution is 5.75. The molecule has 1 rings (SSSR count). The van der Waals surface area contributed by atoms with Gasteiger partial charge in [0.05, 0.1) is 0 Å². The maximum Gasteiger partial charge on any atom is 0.242 e. The number of carbonyl (C=O) groups is 1. The first kappa shape index (κ1) is 10.6. The number of rotatable bonds is 5. The fourth-order valence-corrected chi connectivity index (χ4v) is 1.05. The van der Waals surface area contributed by atoms with Gasteiger partial charge in [0.2, 0.25) is 5.91 Å². The lowest BCUT2D eigenvalue weighted by Crippen LogP contribution is -2.35. The second-order valence-corrected chi connectivity index (χ2v) is 3.07. The SMILES string of the molecule is CC(CCO)NC(=O)Cn1cncn1. The number of nitrogens with zero attached hydrogens (tertiary/aromatic N) is 3. The first-order valence-corrected chi connectivity index (χ1v) is 4.45. The van der Waals surface area contributed by atoms with Crippen LogP contribution in [0, 0.1) is 0 Å². The number of carbonyl (C=O) groups excluding carboxylic acids is 1. The third kappa shape index (κ3) is 3.53. The molecule has 0 aliphatic heterocycles. The van der Waals surface area contributed by atoms with E-state index in [4.69, 9.17) is 5.11 Å². The fourth-order valence-electron chi connectivity index (χ4n) is 1.05. The van der Waals surface area contributed by atoms with Gasteiger partial charge >= 0.3 is 0 Å². The van der Waals surface area contributed by atoms with Crippen molar-refractivity contribution in [2.24, 2.45) is 0 Å². The highest BCUT2D eigenvalue weighted by atomic mass is 16.3. The smallest absolute Gasteiger partial charge is 0.242 e. The van der Waals surface area contributed by atoms with Gasteiger partial charge in [-0.15, -0.1) is 0 Å². The fraction of sp³-hybridized carbons (Fsp3) is 0.625. The molecule has 2 N–H and O–H groups in total. The highest BCUT2D eigenvalue weighted by Gasteiger charge is 2.07. The van der Waals surface area contributed by atoms with E-state index in [0.717, 1.165) is 0 Å². The molecule has 0 spiro atoms. The van der Waals surface area contributed by atoms with Crippen molar-refractivity contribution in [3.05, 3.63) is 12.7 Å². The van der Waals surface area contributed by atoms with Crippen LogP contribution in [0.15, 0.2) is 12.7 Å². The molecule has 0 saturated heterocycles. The molecule has 0 aliphatic rings. The van der Waals surface area contributed by atoms with Crippen molar-refractivity contribution in [1.82, 2.24) is 20.1 Å². The van der Waals surface area contributed by atoms with Gasteiger partial charge in [-0.25, -0.2) is 9.67 Å². The monoisotopic (exact) mass is 198 g/mol. The normalized spacial score (nSPS) is 12.4. The van der Waals surface area contributed by atoms with Crippen LogP contribution in [-0.4, -0.2) is 38.4 Å². The molecular weight excluding hydrogens is 184 g/mol. The van der Waals surface area contributed by atoms with E-state index in [1.165, 1.54) is 17.3 Å². The first-order chi connectivity index (χ1) is 6.72. The molecule has 0 fully saturated rings. The number of amides is 1. The minimum atomic E-state index is -0.128. The largest absolute Gasteiger partial charge is 0.396 e. The van der Waals surface area contributed by atoms with E-state index < -0.39 is 0 Å². The van der Waals surface area contributed by atoms with E-state index in [-0.39, 0.29) is 25.1 Å². The Bertz CT molecular complexity index is 273. The summed E-state index contributed by atoms with van der Waals surface area (Å²) in [6.45, 7) is 2.08. The molecule has 0 bridgehead atoms. The van der Waals surface area contributed by atoms with E-state index >= 15 is 0 Å². The van der Waals surface area contributed by atoms with Gasteiger partial charge in [-0.2, -0.15) is 5.10 Å². The van der Waals surface area contributed by atoms with Gasteiger partial charge in [-0.3, -0.25) is 4.79 Å². The van der Waals surface area contributed by atoms with Crippen LogP contribution >= 0.6 is 0 Å². The van der Waals surface area contributed by atoms with Crippen LogP contribution in [0.4, 0.5) is 0 Å². The molecule has 0 aromatic carbocycles. The van der Waals surface area contributed by atoms with E-state index in [1.807, 2.05) is 6.92 Å². The number of aliphatic hydroxyl groups excluding tert-OH is 1. The predicted octanol–water partition coefficient (Wildman–Crippen LogP) is -0.835. The van der Waals surface area contributed by atoms with E-state index in [2.05, 4.69) is 15.4 Å². The third-order valence-electron chi connectivity index (χ3n) is 1.74. The molecule has 6 nitrogen and oxygen atoms in total. The number of hydrogen-bond acceptors (Lipinski definition) is 4. The number of nitrogens with one attached hydrogen (secondary N) is 1. The molecule has 1 amide bonds. The summed E-state index contributed by atoms with van der Waals surface area (Å²) in [6, 6.07) is -0.0176. The lowest BCUT2D eigenvalue weighted by molar-refractivity contribution is -0.122. The predicted molar refractivity (Wildman–Crippen MR) is 49.3 cm³/mol. The van der Waals surface area contributed by atoms with Gasteiger partial charge in [-0.1, -0.05) is 0 Å². The molecule has 78 valence electrons. The van der Waals surface area contributed by atoms with Gasteiger partial charge < -0.3 is 10.4 Å².